The van der Waals surface area contributed by atoms with Crippen LogP contribution in [0.4, 0.5) is 9.59 Å². The molecule has 5 aromatic carbocycles. The molecule has 0 aliphatic carbocycles. The van der Waals surface area contributed by atoms with Gasteiger partial charge in [0.25, 0.3) is 0 Å². The van der Waals surface area contributed by atoms with Gasteiger partial charge in [-0.1, -0.05) is 103 Å². The maximum atomic E-state index is 12.6. The van der Waals surface area contributed by atoms with E-state index in [9.17, 15) is 9.59 Å². The molecule has 0 spiro atoms. The summed E-state index contributed by atoms with van der Waals surface area (Å²) >= 11 is 0. The van der Waals surface area contributed by atoms with Crippen molar-refractivity contribution < 1.29 is 19.1 Å². The van der Waals surface area contributed by atoms with Crippen LogP contribution in [0.1, 0.15) is 47.1 Å². The van der Waals surface area contributed by atoms with Crippen molar-refractivity contribution in [3.8, 4) is 33.4 Å². The summed E-state index contributed by atoms with van der Waals surface area (Å²) in [5, 5.41) is 7.38. The van der Waals surface area contributed by atoms with E-state index in [1.54, 1.807) is 41.5 Å². The molecule has 0 aliphatic rings. The third-order valence-electron chi connectivity index (χ3n) is 7.14. The fraction of sp³-hybridized carbons (Fsp3) is 0.225. The first-order chi connectivity index (χ1) is 22.3. The van der Waals surface area contributed by atoms with Crippen molar-refractivity contribution in [3.63, 3.8) is 0 Å². The summed E-state index contributed by atoms with van der Waals surface area (Å²) in [6, 6.07) is 39.8. The average molecular weight is 628 g/mol. The Balaban J connectivity index is 1.44. The maximum absolute atomic E-state index is 12.6. The second kappa shape index (κ2) is 13.9. The fourth-order valence-corrected chi connectivity index (χ4v) is 5.21. The minimum Gasteiger partial charge on any atom is -0.444 e. The fourth-order valence-electron chi connectivity index (χ4n) is 5.21. The molecule has 5 aromatic rings. The van der Waals surface area contributed by atoms with Crippen LogP contribution >= 0.6 is 0 Å². The average Bonchev–Trinajstić information content (AvgIpc) is 3.02. The quantitative estimate of drug-likeness (QED) is 0.150. The number of aliphatic imine (C=N–C) groups is 1. The van der Waals surface area contributed by atoms with Gasteiger partial charge in [-0.05, 0) is 103 Å². The monoisotopic (exact) mass is 627 g/mol. The van der Waals surface area contributed by atoms with Crippen LogP contribution in [-0.4, -0.2) is 29.3 Å². The normalized spacial score (nSPS) is 11.4. The van der Waals surface area contributed by atoms with E-state index >= 15 is 0 Å². The third kappa shape index (κ3) is 9.07. The van der Waals surface area contributed by atoms with Gasteiger partial charge in [0.05, 0.1) is 6.54 Å². The first-order valence-electron chi connectivity index (χ1n) is 15.7. The lowest BCUT2D eigenvalue weighted by Crippen LogP contribution is -2.47. The molecular weight excluding hydrogens is 586 g/mol. The second-order valence-electron chi connectivity index (χ2n) is 13.3. The highest BCUT2D eigenvalue weighted by Crippen LogP contribution is 2.34. The molecule has 47 heavy (non-hydrogen) atoms. The second-order valence-corrected chi connectivity index (χ2v) is 13.3. The summed E-state index contributed by atoms with van der Waals surface area (Å²) in [5.74, 6) is -0.0656. The number of alkyl carbamates (subject to hydrolysis) is 2. The number of carbonyl (C=O) groups excluding carboxylic acids is 2. The van der Waals surface area contributed by atoms with Gasteiger partial charge in [-0.25, -0.2) is 14.6 Å². The lowest BCUT2D eigenvalue weighted by atomic mass is 9.92. The Kier molecular flexibility index (Phi) is 9.75. The highest BCUT2D eigenvalue weighted by atomic mass is 16.6. The first-order valence-corrected chi connectivity index (χ1v) is 15.7. The molecule has 2 N–H and O–H groups in total. The van der Waals surface area contributed by atoms with Crippen molar-refractivity contribution in [1.29, 1.82) is 0 Å². The van der Waals surface area contributed by atoms with E-state index in [0.717, 1.165) is 38.6 Å². The third-order valence-corrected chi connectivity index (χ3v) is 7.14. The zero-order valence-electron chi connectivity index (χ0n) is 27.8. The van der Waals surface area contributed by atoms with Gasteiger partial charge in [0.2, 0.25) is 5.96 Å². The van der Waals surface area contributed by atoms with Crippen LogP contribution in [-0.2, 0) is 16.0 Å². The maximum Gasteiger partial charge on any atom is 0.414 e. The number of nitrogens with zero attached hydrogens (tertiary/aromatic N) is 1. The molecule has 0 saturated carbocycles. The van der Waals surface area contributed by atoms with E-state index in [1.165, 1.54) is 11.1 Å². The molecule has 2 amide bonds. The van der Waals surface area contributed by atoms with Gasteiger partial charge in [-0.3, -0.25) is 10.6 Å². The number of fused-ring (bicyclic) bond motifs is 1. The summed E-state index contributed by atoms with van der Waals surface area (Å²) in [4.78, 5) is 29.7. The molecule has 7 nitrogen and oxygen atoms in total. The van der Waals surface area contributed by atoms with Crippen LogP contribution in [0.3, 0.4) is 0 Å². The zero-order valence-corrected chi connectivity index (χ0v) is 27.8. The Hall–Kier alpha value is -5.43. The van der Waals surface area contributed by atoms with Crippen LogP contribution in [0.2, 0.25) is 0 Å². The Morgan fingerprint density at radius 3 is 1.81 bits per heavy atom. The number of rotatable bonds is 5. The molecule has 0 atom stereocenters. The van der Waals surface area contributed by atoms with Crippen molar-refractivity contribution in [1.82, 2.24) is 10.6 Å². The van der Waals surface area contributed by atoms with Crippen LogP contribution in [0, 0.1) is 0 Å². The van der Waals surface area contributed by atoms with Gasteiger partial charge in [0, 0.05) is 0 Å². The van der Waals surface area contributed by atoms with Gasteiger partial charge in [0.1, 0.15) is 11.2 Å². The van der Waals surface area contributed by atoms with Crippen molar-refractivity contribution in [3.05, 3.63) is 121 Å². The molecule has 0 aliphatic heterocycles. The van der Waals surface area contributed by atoms with E-state index in [0.29, 0.717) is 0 Å². The minimum atomic E-state index is -0.736. The minimum absolute atomic E-state index is 0.0656. The number of amides is 2. The van der Waals surface area contributed by atoms with Crippen LogP contribution in [0.25, 0.3) is 44.2 Å². The summed E-state index contributed by atoms with van der Waals surface area (Å²) in [6.45, 7) is 10.7. The van der Waals surface area contributed by atoms with E-state index in [1.807, 2.05) is 30.3 Å². The molecule has 5 rings (SSSR count). The highest BCUT2D eigenvalue weighted by Gasteiger charge is 2.21. The molecule has 0 unspecified atom stereocenters. The number of nitrogens with one attached hydrogen (secondary N) is 2. The predicted octanol–water partition coefficient (Wildman–Crippen LogP) is 9.75. The molecule has 0 aromatic heterocycles. The van der Waals surface area contributed by atoms with Gasteiger partial charge >= 0.3 is 12.2 Å². The number of ether oxygens (including phenoxy) is 2. The highest BCUT2D eigenvalue weighted by molar-refractivity contribution is 6.02. The van der Waals surface area contributed by atoms with Crippen LogP contribution in [0.15, 0.2) is 120 Å². The topological polar surface area (TPSA) is 89.0 Å². The molecule has 0 saturated heterocycles. The zero-order chi connectivity index (χ0) is 33.6. The van der Waals surface area contributed by atoms with Crippen molar-refractivity contribution in [2.24, 2.45) is 4.99 Å². The number of benzene rings is 5. The molecular formula is C40H41N3O4. The predicted molar refractivity (Wildman–Crippen MR) is 190 cm³/mol. The molecule has 0 heterocycles. The van der Waals surface area contributed by atoms with Gasteiger partial charge < -0.3 is 9.47 Å². The number of guanidine groups is 1. The number of hydrogen-bond acceptors (Lipinski definition) is 5. The summed E-state index contributed by atoms with van der Waals surface area (Å²) in [5.41, 5.74) is 6.15. The summed E-state index contributed by atoms with van der Waals surface area (Å²) < 4.78 is 10.8. The molecule has 0 fully saturated rings. The Labute approximate surface area is 276 Å². The van der Waals surface area contributed by atoms with Crippen molar-refractivity contribution in [2.75, 3.05) is 0 Å². The molecule has 0 radical (unpaired) electrons. The van der Waals surface area contributed by atoms with Gasteiger partial charge in [0.15, 0.2) is 0 Å². The van der Waals surface area contributed by atoms with Crippen LogP contribution < -0.4 is 10.6 Å². The van der Waals surface area contributed by atoms with Crippen molar-refractivity contribution >= 4 is 28.9 Å². The summed E-state index contributed by atoms with van der Waals surface area (Å²) in [6.07, 6.45) is -1.47. The Morgan fingerprint density at radius 2 is 1.13 bits per heavy atom. The van der Waals surface area contributed by atoms with E-state index < -0.39 is 23.4 Å². The smallest absolute Gasteiger partial charge is 0.414 e. The summed E-state index contributed by atoms with van der Waals surface area (Å²) in [7, 11) is 0. The van der Waals surface area contributed by atoms with E-state index in [-0.39, 0.29) is 12.5 Å². The number of carbonyl (C=O) groups is 2. The van der Waals surface area contributed by atoms with Gasteiger partial charge in [-0.15, -0.1) is 0 Å². The van der Waals surface area contributed by atoms with Crippen molar-refractivity contribution in [2.45, 2.75) is 59.3 Å². The van der Waals surface area contributed by atoms with E-state index in [4.69, 9.17) is 9.47 Å². The number of hydrogen-bond donors (Lipinski definition) is 2. The molecule has 0 bridgehead atoms. The first kappa shape index (κ1) is 32.9. The largest absolute Gasteiger partial charge is 0.444 e. The molecule has 240 valence electrons. The Morgan fingerprint density at radius 1 is 0.574 bits per heavy atom. The lowest BCUT2D eigenvalue weighted by Gasteiger charge is -2.22. The SMILES string of the molecule is CC(C)(C)OC(=O)NC(=NCc1ccccc1-c1ccc2c(-c3cccc(-c4ccccc4)c3)cccc2c1)NC(=O)OC(C)(C)C. The lowest BCUT2D eigenvalue weighted by molar-refractivity contribution is 0.0545. The van der Waals surface area contributed by atoms with Gasteiger partial charge in [-0.2, -0.15) is 0 Å². The van der Waals surface area contributed by atoms with E-state index in [2.05, 4.69) is 101 Å². The molecule has 7 heteroatoms. The standard InChI is InChI=1S/C40H41N3O4/c1-39(2,3)46-37(44)42-36(43-38(45)47-40(4,5)6)41-26-32-16-10-11-20-33(32)31-22-23-35-30(25-31)19-13-21-34(35)29-18-12-17-28(24-29)27-14-8-7-9-15-27/h7-25H,26H2,1-6H3,(H2,41,42,43,44,45). The Bertz CT molecular complexity index is 1890. The van der Waals surface area contributed by atoms with Crippen LogP contribution in [0.5, 0.6) is 0 Å².